The summed E-state index contributed by atoms with van der Waals surface area (Å²) in [6.45, 7) is 8.35. The van der Waals surface area contributed by atoms with Crippen molar-refractivity contribution < 1.29 is 19.6 Å². The van der Waals surface area contributed by atoms with Gasteiger partial charge in [0, 0.05) is 71.4 Å². The SMILES string of the molecule is Brc1ccc2c(c1)c1ccccc1n2-c1ccccc1.CC1(C)OB(c2cccc3c2oc2cc4c(cc23)-c2ccccc2C42c3ccccc3-c3ccccc32)OC1(C)C.[HH].c1ccc(-n2c3ccccc3c3cc(-c4cccc5c4oc4cc6c(cc45)-c4ccccc4C64c5ccccc5-c5ccccc54)ccc32)cc1. The summed E-state index contributed by atoms with van der Waals surface area (Å²) < 4.78 is 32.5. The number of hydrogen-bond donors (Lipinski definition) is 0. The number of nitrogens with zero attached hydrogens (tertiary/aromatic N) is 2. The first-order valence-corrected chi connectivity index (χ1v) is 39.5. The molecule has 112 heavy (non-hydrogen) atoms. The predicted octanol–water partition coefficient (Wildman–Crippen LogP) is 26.7. The van der Waals surface area contributed by atoms with Gasteiger partial charge in [-0.05, 0) is 213 Å². The number of halogens is 1. The second kappa shape index (κ2) is 24.1. The number of para-hydroxylation sites is 6. The Morgan fingerprint density at radius 3 is 1.08 bits per heavy atom. The van der Waals surface area contributed by atoms with Crippen LogP contribution in [-0.4, -0.2) is 27.5 Å². The lowest BCUT2D eigenvalue weighted by Gasteiger charge is -2.32. The molecule has 5 heterocycles. The van der Waals surface area contributed by atoms with E-state index >= 15 is 0 Å². The summed E-state index contributed by atoms with van der Waals surface area (Å²) in [6, 6.07) is 128. The van der Waals surface area contributed by atoms with E-state index in [-0.39, 0.29) is 6.84 Å². The van der Waals surface area contributed by atoms with Crippen LogP contribution in [0.2, 0.25) is 0 Å². The predicted molar refractivity (Wildman–Crippen MR) is 466 cm³/mol. The maximum atomic E-state index is 7.01. The normalized spacial score (nSPS) is 15.0. The van der Waals surface area contributed by atoms with Gasteiger partial charge in [0.1, 0.15) is 22.3 Å². The molecule has 8 heteroatoms. The van der Waals surface area contributed by atoms with E-state index in [1.165, 1.54) is 138 Å². The van der Waals surface area contributed by atoms with Crippen LogP contribution in [0.5, 0.6) is 0 Å². The van der Waals surface area contributed by atoms with Gasteiger partial charge < -0.3 is 27.3 Å². The minimum atomic E-state index is -0.489. The van der Waals surface area contributed by atoms with E-state index in [1.807, 2.05) is 6.07 Å². The van der Waals surface area contributed by atoms with Crippen molar-refractivity contribution in [3.05, 3.63) is 401 Å². The maximum absolute atomic E-state index is 7.01. The van der Waals surface area contributed by atoms with Gasteiger partial charge in [-0.15, -0.1) is 0 Å². The van der Waals surface area contributed by atoms with E-state index in [0.717, 1.165) is 70.6 Å². The smallest absolute Gasteiger partial charge is 0.456 e. The Morgan fingerprint density at radius 1 is 0.268 bits per heavy atom. The Hall–Kier alpha value is -12.8. The van der Waals surface area contributed by atoms with Crippen molar-refractivity contribution in [3.8, 4) is 67.0 Å². The topological polar surface area (TPSA) is 54.6 Å². The Balaban J connectivity index is 0.000000112. The second-order valence-electron chi connectivity index (χ2n) is 31.5. The molecule has 6 nitrogen and oxygen atoms in total. The van der Waals surface area contributed by atoms with Crippen molar-refractivity contribution in [1.29, 1.82) is 0 Å². The zero-order chi connectivity index (χ0) is 74.5. The van der Waals surface area contributed by atoms with Crippen LogP contribution >= 0.6 is 15.9 Å². The number of aromatic nitrogens is 2. The summed E-state index contributed by atoms with van der Waals surface area (Å²) in [7, 11) is -0.489. The Labute approximate surface area is 657 Å². The summed E-state index contributed by atoms with van der Waals surface area (Å²) in [5.74, 6) is 0. The van der Waals surface area contributed by atoms with Crippen LogP contribution in [0.3, 0.4) is 0 Å². The molecule has 0 radical (unpaired) electrons. The molecule has 1 fully saturated rings. The monoisotopic (exact) mass is 1500 g/mol. The summed E-state index contributed by atoms with van der Waals surface area (Å²) in [4.78, 5) is 0. The third kappa shape index (κ3) is 8.99. The van der Waals surface area contributed by atoms with E-state index in [2.05, 4.69) is 399 Å². The zero-order valence-electron chi connectivity index (χ0n) is 62.0. The van der Waals surface area contributed by atoms with Gasteiger partial charge >= 0.3 is 7.12 Å². The largest absolute Gasteiger partial charge is 0.498 e. The van der Waals surface area contributed by atoms with Crippen LogP contribution < -0.4 is 5.46 Å². The van der Waals surface area contributed by atoms with Crippen LogP contribution in [0.25, 0.3) is 154 Å². The Morgan fingerprint density at radius 2 is 0.616 bits per heavy atom. The van der Waals surface area contributed by atoms with E-state index in [9.17, 15) is 0 Å². The van der Waals surface area contributed by atoms with Gasteiger partial charge in [0.2, 0.25) is 0 Å². The summed E-state index contributed by atoms with van der Waals surface area (Å²) in [5, 5.41) is 9.53. The van der Waals surface area contributed by atoms with Crippen molar-refractivity contribution in [2.75, 3.05) is 0 Å². The average molecular weight is 1500 g/mol. The maximum Gasteiger partial charge on any atom is 0.498 e. The van der Waals surface area contributed by atoms with Crippen molar-refractivity contribution in [2.45, 2.75) is 49.7 Å². The van der Waals surface area contributed by atoms with Gasteiger partial charge in [-0.2, -0.15) is 0 Å². The Kier molecular flexibility index (Phi) is 14.0. The fraction of sp³-hybridized carbons (Fsp3) is 0.0769. The zero-order valence-corrected chi connectivity index (χ0v) is 63.6. The lowest BCUT2D eigenvalue weighted by Crippen LogP contribution is -2.41. The van der Waals surface area contributed by atoms with Crippen LogP contribution in [0.4, 0.5) is 0 Å². The van der Waals surface area contributed by atoms with Gasteiger partial charge in [-0.25, -0.2) is 0 Å². The third-order valence-corrected chi connectivity index (χ3v) is 25.9. The van der Waals surface area contributed by atoms with Crippen LogP contribution in [0.15, 0.2) is 365 Å². The van der Waals surface area contributed by atoms with Gasteiger partial charge in [0.05, 0.1) is 44.1 Å². The van der Waals surface area contributed by atoms with Crippen molar-refractivity contribution in [3.63, 3.8) is 0 Å². The number of furan rings is 2. The molecule has 0 atom stereocenters. The van der Waals surface area contributed by atoms with E-state index < -0.39 is 23.7 Å². The minimum absolute atomic E-state index is 0. The average Bonchev–Trinajstić information content (AvgIpc) is 1.51. The van der Waals surface area contributed by atoms with Crippen molar-refractivity contribution in [2.24, 2.45) is 0 Å². The first-order chi connectivity index (χ1) is 55.0. The molecule has 0 bridgehead atoms. The van der Waals surface area contributed by atoms with Crippen molar-refractivity contribution in [1.82, 2.24) is 9.13 Å². The molecule has 1 aliphatic heterocycles. The molecule has 0 amide bonds. The highest BCUT2D eigenvalue weighted by Crippen LogP contribution is 2.66. The van der Waals surface area contributed by atoms with Crippen LogP contribution in [0, 0.1) is 0 Å². The molecule has 532 valence electrons. The molecule has 2 spiro atoms. The molecule has 4 aliphatic carbocycles. The standard InChI is InChI=1S/C49H29NO.C37H29BO3.C18H12BrN.H2/c1-2-13-31(14-3-1)50-45-24-11-7-18-36(45)39-27-30(25-26-46(39)50)32-19-12-20-37-40-28-38-35-17-6-10-23-43(35)49(44(38)29-47(40)51-48(32)37)41-21-8-4-15-33(41)34-16-5-9-22-42(34)49;1-35(2)36(3,4)41-38(40-35)32-19-11-15-25-27-20-26-24-14-7-10-18-30(24)37(31(26)21-33(27)39-34(25)32)28-16-8-5-12-22(28)23-13-6-9-17-29(23)37;19-13-10-11-18-16(12-13)15-8-4-5-9-17(15)20(18)14-6-2-1-3-7-14;/h1-29H;5-21H,1-4H3;1-12H;1H. The molecule has 0 unspecified atom stereocenters. The molecule has 4 aromatic heterocycles. The fourth-order valence-electron chi connectivity index (χ4n) is 20.0. The van der Waals surface area contributed by atoms with E-state index in [1.54, 1.807) is 0 Å². The fourth-order valence-corrected chi connectivity index (χ4v) is 20.3. The minimum Gasteiger partial charge on any atom is -0.456 e. The molecule has 16 aromatic carbocycles. The first kappa shape index (κ1) is 65.1. The highest BCUT2D eigenvalue weighted by molar-refractivity contribution is 9.10. The quantitative estimate of drug-likeness (QED) is 0.165. The molecule has 5 aliphatic rings. The lowest BCUT2D eigenvalue weighted by molar-refractivity contribution is 0.00578. The van der Waals surface area contributed by atoms with Gasteiger partial charge in [-0.1, -0.05) is 277 Å². The second-order valence-corrected chi connectivity index (χ2v) is 32.4. The molecular weight excluding hydrogens is 1430 g/mol. The number of rotatable bonds is 4. The van der Waals surface area contributed by atoms with E-state index in [4.69, 9.17) is 18.1 Å². The number of fused-ring (bicyclic) bond motifs is 32. The first-order valence-electron chi connectivity index (χ1n) is 38.7. The van der Waals surface area contributed by atoms with Crippen molar-refractivity contribution >= 4 is 116 Å². The summed E-state index contributed by atoms with van der Waals surface area (Å²) in [6.07, 6.45) is 0. The molecule has 1 saturated heterocycles. The third-order valence-electron chi connectivity index (χ3n) is 25.4. The lowest BCUT2D eigenvalue weighted by atomic mass is 9.70. The molecule has 20 aromatic rings. The highest BCUT2D eigenvalue weighted by Gasteiger charge is 2.55. The van der Waals surface area contributed by atoms with Crippen LogP contribution in [-0.2, 0) is 20.1 Å². The summed E-state index contributed by atoms with van der Waals surface area (Å²) >= 11 is 3.57. The Bertz CT molecular complexity index is 7280. The molecule has 0 saturated carbocycles. The van der Waals surface area contributed by atoms with E-state index in [0.29, 0.717) is 0 Å². The summed E-state index contributed by atoms with van der Waals surface area (Å²) in [5.41, 5.74) is 33.3. The molecule has 25 rings (SSSR count). The number of benzene rings is 16. The molecule has 0 N–H and O–H groups in total. The van der Waals surface area contributed by atoms with Gasteiger partial charge in [-0.3, -0.25) is 0 Å². The van der Waals surface area contributed by atoms with Crippen LogP contribution in [0.1, 0.15) is 73.6 Å². The van der Waals surface area contributed by atoms with Gasteiger partial charge in [0.15, 0.2) is 0 Å². The number of hydrogen-bond acceptors (Lipinski definition) is 4. The molecular formula is C104H72BBrN2O4. The highest BCUT2D eigenvalue weighted by atomic mass is 79.9. The van der Waals surface area contributed by atoms with Gasteiger partial charge in [0.25, 0.3) is 0 Å².